The second-order valence-electron chi connectivity index (χ2n) is 6.86. The van der Waals surface area contributed by atoms with Crippen LogP contribution in [-0.4, -0.2) is 10.9 Å². The summed E-state index contributed by atoms with van der Waals surface area (Å²) in [5, 5.41) is 4.06. The van der Waals surface area contributed by atoms with Gasteiger partial charge in [-0.25, -0.2) is 4.39 Å². The van der Waals surface area contributed by atoms with Gasteiger partial charge in [0.25, 0.3) is 5.91 Å². The standard InChI is InChI=1S/C24H18ClFN2O.ClH/c1-14-7-3-6-10-20(14)28-24(29)22-15(2)27-21-12-11-16(25)13-18(21)23(22)17-8-4-5-9-19(17)26;/h3-13H,1-2H3,(H,28,29);1H/p-1. The number of aromatic nitrogens is 1. The second kappa shape index (κ2) is 8.82. The number of nitrogens with one attached hydrogen (secondary N) is 1. The van der Waals surface area contributed by atoms with Gasteiger partial charge in [0.15, 0.2) is 0 Å². The molecule has 0 spiro atoms. The number of pyridine rings is 1. The third-order valence-electron chi connectivity index (χ3n) is 4.89. The lowest BCUT2D eigenvalue weighted by molar-refractivity contribution is -0.0000141. The number of amides is 1. The van der Waals surface area contributed by atoms with Crippen LogP contribution in [0.2, 0.25) is 5.02 Å². The van der Waals surface area contributed by atoms with Crippen LogP contribution in [0.25, 0.3) is 22.0 Å². The number of anilines is 1. The number of carbonyl (C=O) groups excluding carboxylic acids is 1. The number of fused-ring (bicyclic) bond motifs is 1. The predicted molar refractivity (Wildman–Crippen MR) is 116 cm³/mol. The number of halogens is 3. The summed E-state index contributed by atoms with van der Waals surface area (Å²) in [5.74, 6) is -0.756. The zero-order chi connectivity index (χ0) is 20.5. The monoisotopic (exact) mass is 439 g/mol. The lowest BCUT2D eigenvalue weighted by atomic mass is 9.93. The molecular formula is C24H18Cl2FN2O-. The van der Waals surface area contributed by atoms with Gasteiger partial charge in [-0.15, -0.1) is 0 Å². The van der Waals surface area contributed by atoms with E-state index in [9.17, 15) is 9.18 Å². The third kappa shape index (κ3) is 4.02. The lowest BCUT2D eigenvalue weighted by Crippen LogP contribution is -3.00. The van der Waals surface area contributed by atoms with Gasteiger partial charge in [0, 0.05) is 27.2 Å². The Hall–Kier alpha value is -2.95. The molecule has 6 heteroatoms. The minimum Gasteiger partial charge on any atom is -1.00 e. The Morgan fingerprint density at radius 3 is 2.43 bits per heavy atom. The zero-order valence-corrected chi connectivity index (χ0v) is 17.9. The summed E-state index contributed by atoms with van der Waals surface area (Å²) >= 11 is 6.22. The molecule has 1 aromatic heterocycles. The predicted octanol–water partition coefficient (Wildman–Crippen LogP) is 3.57. The van der Waals surface area contributed by atoms with E-state index in [-0.39, 0.29) is 18.3 Å². The Morgan fingerprint density at radius 2 is 1.70 bits per heavy atom. The normalized spacial score (nSPS) is 10.5. The van der Waals surface area contributed by atoms with Gasteiger partial charge < -0.3 is 17.7 Å². The Kier molecular flexibility index (Phi) is 6.40. The van der Waals surface area contributed by atoms with Crippen molar-refractivity contribution in [3.8, 4) is 11.1 Å². The third-order valence-corrected chi connectivity index (χ3v) is 5.13. The number of carbonyl (C=O) groups is 1. The lowest BCUT2D eigenvalue weighted by Gasteiger charge is -2.17. The SMILES string of the molecule is Cc1ccccc1NC(=O)c1c(C)nc2ccc(Cl)cc2c1-c1ccccc1F.[Cl-]. The summed E-state index contributed by atoms with van der Waals surface area (Å²) in [4.78, 5) is 17.9. The van der Waals surface area contributed by atoms with Crippen LogP contribution in [0, 0.1) is 19.7 Å². The summed E-state index contributed by atoms with van der Waals surface area (Å²) in [6, 6.07) is 19.1. The number of para-hydroxylation sites is 1. The number of benzene rings is 3. The van der Waals surface area contributed by atoms with E-state index >= 15 is 0 Å². The van der Waals surface area contributed by atoms with Crippen molar-refractivity contribution in [3.63, 3.8) is 0 Å². The van der Waals surface area contributed by atoms with E-state index in [2.05, 4.69) is 10.3 Å². The average molecular weight is 440 g/mol. The van der Waals surface area contributed by atoms with E-state index in [1.165, 1.54) is 6.07 Å². The van der Waals surface area contributed by atoms with E-state index in [4.69, 9.17) is 11.6 Å². The minimum atomic E-state index is -0.413. The molecule has 0 saturated heterocycles. The molecule has 0 fully saturated rings. The molecule has 30 heavy (non-hydrogen) atoms. The van der Waals surface area contributed by atoms with E-state index < -0.39 is 5.82 Å². The fourth-order valence-electron chi connectivity index (χ4n) is 3.48. The molecule has 0 bridgehead atoms. The van der Waals surface area contributed by atoms with Gasteiger partial charge in [-0.1, -0.05) is 48.0 Å². The summed E-state index contributed by atoms with van der Waals surface area (Å²) in [7, 11) is 0. The topological polar surface area (TPSA) is 42.0 Å². The summed E-state index contributed by atoms with van der Waals surface area (Å²) in [6.07, 6.45) is 0. The van der Waals surface area contributed by atoms with Crippen molar-refractivity contribution in [1.82, 2.24) is 4.98 Å². The van der Waals surface area contributed by atoms with Crippen LogP contribution >= 0.6 is 11.6 Å². The molecule has 0 aliphatic heterocycles. The zero-order valence-electron chi connectivity index (χ0n) is 16.3. The van der Waals surface area contributed by atoms with Crippen molar-refractivity contribution in [3.05, 3.63) is 94.4 Å². The van der Waals surface area contributed by atoms with Crippen molar-refractivity contribution < 1.29 is 21.6 Å². The van der Waals surface area contributed by atoms with Crippen molar-refractivity contribution >= 4 is 34.1 Å². The smallest absolute Gasteiger partial charge is 0.258 e. The highest BCUT2D eigenvalue weighted by atomic mass is 35.5. The maximum Gasteiger partial charge on any atom is 0.258 e. The van der Waals surface area contributed by atoms with Gasteiger partial charge in [0.05, 0.1) is 16.8 Å². The van der Waals surface area contributed by atoms with Gasteiger partial charge in [0.2, 0.25) is 0 Å². The molecule has 4 rings (SSSR count). The molecular weight excluding hydrogens is 422 g/mol. The first kappa shape index (κ1) is 21.8. The molecule has 0 saturated carbocycles. The summed E-state index contributed by atoms with van der Waals surface area (Å²) in [5.41, 5.74) is 3.94. The van der Waals surface area contributed by atoms with E-state index in [1.807, 2.05) is 31.2 Å². The van der Waals surface area contributed by atoms with Crippen LogP contribution in [0.1, 0.15) is 21.6 Å². The van der Waals surface area contributed by atoms with Gasteiger partial charge >= 0.3 is 0 Å². The molecule has 1 amide bonds. The van der Waals surface area contributed by atoms with Crippen molar-refractivity contribution in [2.24, 2.45) is 0 Å². The van der Waals surface area contributed by atoms with Gasteiger partial charge in [-0.2, -0.15) is 0 Å². The van der Waals surface area contributed by atoms with Crippen LogP contribution in [0.5, 0.6) is 0 Å². The number of hydrogen-bond acceptors (Lipinski definition) is 2. The number of aryl methyl sites for hydroxylation is 2. The molecule has 0 aliphatic carbocycles. The number of nitrogens with zero attached hydrogens (tertiary/aromatic N) is 1. The highest BCUT2D eigenvalue weighted by molar-refractivity contribution is 6.31. The van der Waals surface area contributed by atoms with E-state index in [0.717, 1.165) is 5.56 Å². The molecule has 152 valence electrons. The van der Waals surface area contributed by atoms with Crippen molar-refractivity contribution in [2.75, 3.05) is 5.32 Å². The summed E-state index contributed by atoms with van der Waals surface area (Å²) < 4.78 is 14.8. The molecule has 0 atom stereocenters. The summed E-state index contributed by atoms with van der Waals surface area (Å²) in [6.45, 7) is 3.67. The first-order valence-electron chi connectivity index (χ1n) is 9.17. The van der Waals surface area contributed by atoms with Crippen LogP contribution in [0.3, 0.4) is 0 Å². The van der Waals surface area contributed by atoms with Crippen LogP contribution < -0.4 is 17.7 Å². The Morgan fingerprint density at radius 1 is 1.00 bits per heavy atom. The molecule has 4 aromatic rings. The van der Waals surface area contributed by atoms with Crippen molar-refractivity contribution in [1.29, 1.82) is 0 Å². The molecule has 0 unspecified atom stereocenters. The largest absolute Gasteiger partial charge is 1.00 e. The second-order valence-corrected chi connectivity index (χ2v) is 7.29. The number of hydrogen-bond donors (Lipinski definition) is 1. The van der Waals surface area contributed by atoms with Crippen molar-refractivity contribution in [2.45, 2.75) is 13.8 Å². The quantitative estimate of drug-likeness (QED) is 0.530. The molecule has 0 aliphatic rings. The van der Waals surface area contributed by atoms with Gasteiger partial charge in [-0.05, 0) is 49.7 Å². The number of rotatable bonds is 3. The van der Waals surface area contributed by atoms with Gasteiger partial charge in [-0.3, -0.25) is 9.78 Å². The molecule has 3 aromatic carbocycles. The molecule has 3 nitrogen and oxygen atoms in total. The maximum atomic E-state index is 14.8. The Labute approximate surface area is 185 Å². The fourth-order valence-corrected chi connectivity index (χ4v) is 3.65. The molecule has 0 radical (unpaired) electrons. The average Bonchev–Trinajstić information content (AvgIpc) is 2.69. The molecule has 1 N–H and O–H groups in total. The first-order chi connectivity index (χ1) is 14.0. The highest BCUT2D eigenvalue weighted by Crippen LogP contribution is 2.36. The first-order valence-corrected chi connectivity index (χ1v) is 9.55. The Bertz CT molecular complexity index is 1260. The van der Waals surface area contributed by atoms with Crippen LogP contribution in [0.4, 0.5) is 10.1 Å². The minimum absolute atomic E-state index is 0. The Balaban J connectivity index is 0.00000256. The van der Waals surface area contributed by atoms with E-state index in [0.29, 0.717) is 44.0 Å². The highest BCUT2D eigenvalue weighted by Gasteiger charge is 2.23. The van der Waals surface area contributed by atoms with Crippen LogP contribution in [0.15, 0.2) is 66.7 Å². The fraction of sp³-hybridized carbons (Fsp3) is 0.0833. The van der Waals surface area contributed by atoms with Gasteiger partial charge in [0.1, 0.15) is 5.82 Å². The van der Waals surface area contributed by atoms with E-state index in [1.54, 1.807) is 43.3 Å². The molecule has 1 heterocycles. The van der Waals surface area contributed by atoms with Crippen LogP contribution in [-0.2, 0) is 0 Å². The maximum absolute atomic E-state index is 14.8.